The standard InChI is InChI=1S/C13H12BrNO2S/c14-10-6-7-18-12(10)11(13(16)17)15-8-9-4-2-1-3-5-9/h1-7,11,15H,8H2,(H,16,17). The van der Waals surface area contributed by atoms with Gasteiger partial charge in [0.1, 0.15) is 6.04 Å². The molecule has 5 heteroatoms. The van der Waals surface area contributed by atoms with Crippen molar-refractivity contribution < 1.29 is 9.90 Å². The maximum atomic E-state index is 11.3. The molecule has 0 spiro atoms. The van der Waals surface area contributed by atoms with Crippen LogP contribution in [-0.2, 0) is 11.3 Å². The number of hydrogen-bond acceptors (Lipinski definition) is 3. The van der Waals surface area contributed by atoms with Gasteiger partial charge >= 0.3 is 5.97 Å². The molecule has 1 atom stereocenters. The third-order valence-corrected chi connectivity index (χ3v) is 4.44. The van der Waals surface area contributed by atoms with E-state index >= 15 is 0 Å². The number of benzene rings is 1. The van der Waals surface area contributed by atoms with E-state index in [1.54, 1.807) is 0 Å². The number of carboxylic acids is 1. The Balaban J connectivity index is 2.09. The molecule has 1 unspecified atom stereocenters. The summed E-state index contributed by atoms with van der Waals surface area (Å²) in [4.78, 5) is 12.1. The van der Waals surface area contributed by atoms with Crippen LogP contribution in [0.1, 0.15) is 16.5 Å². The third kappa shape index (κ3) is 3.19. The molecule has 0 aliphatic heterocycles. The van der Waals surface area contributed by atoms with E-state index in [0.717, 1.165) is 14.9 Å². The molecule has 0 bridgehead atoms. The van der Waals surface area contributed by atoms with Crippen LogP contribution in [0, 0.1) is 0 Å². The van der Waals surface area contributed by atoms with Gasteiger partial charge in [-0.2, -0.15) is 0 Å². The van der Waals surface area contributed by atoms with Crippen molar-refractivity contribution in [3.05, 3.63) is 56.7 Å². The molecule has 1 aromatic carbocycles. The van der Waals surface area contributed by atoms with E-state index in [1.807, 2.05) is 41.8 Å². The molecular weight excluding hydrogens is 314 g/mol. The molecule has 1 aromatic heterocycles. The highest BCUT2D eigenvalue weighted by Crippen LogP contribution is 2.29. The molecule has 0 aliphatic carbocycles. The van der Waals surface area contributed by atoms with Gasteiger partial charge in [0.2, 0.25) is 0 Å². The molecule has 0 saturated carbocycles. The lowest BCUT2D eigenvalue weighted by atomic mass is 10.2. The van der Waals surface area contributed by atoms with Crippen LogP contribution in [0.25, 0.3) is 0 Å². The smallest absolute Gasteiger partial charge is 0.326 e. The van der Waals surface area contributed by atoms with Gasteiger partial charge in [0.15, 0.2) is 0 Å². The van der Waals surface area contributed by atoms with Crippen molar-refractivity contribution in [1.82, 2.24) is 5.32 Å². The van der Waals surface area contributed by atoms with Gasteiger partial charge in [-0.25, -0.2) is 0 Å². The summed E-state index contributed by atoms with van der Waals surface area (Å²) in [5, 5.41) is 14.2. The zero-order valence-electron chi connectivity index (χ0n) is 9.47. The Morgan fingerprint density at radius 3 is 2.61 bits per heavy atom. The van der Waals surface area contributed by atoms with E-state index in [-0.39, 0.29) is 0 Å². The molecular formula is C13H12BrNO2S. The molecule has 0 amide bonds. The van der Waals surface area contributed by atoms with Crippen LogP contribution < -0.4 is 5.32 Å². The molecule has 0 radical (unpaired) electrons. The molecule has 0 aliphatic rings. The summed E-state index contributed by atoms with van der Waals surface area (Å²) in [5.74, 6) is -0.867. The second-order valence-electron chi connectivity index (χ2n) is 3.77. The predicted octanol–water partition coefficient (Wildman–Crippen LogP) is 3.43. The van der Waals surface area contributed by atoms with E-state index in [0.29, 0.717) is 6.54 Å². The summed E-state index contributed by atoms with van der Waals surface area (Å²) in [6.07, 6.45) is 0. The second kappa shape index (κ2) is 6.13. The fraction of sp³-hybridized carbons (Fsp3) is 0.154. The van der Waals surface area contributed by atoms with Gasteiger partial charge < -0.3 is 5.11 Å². The summed E-state index contributed by atoms with van der Waals surface area (Å²) in [5.41, 5.74) is 1.07. The van der Waals surface area contributed by atoms with E-state index in [4.69, 9.17) is 0 Å². The molecule has 2 rings (SSSR count). The fourth-order valence-corrected chi connectivity index (χ4v) is 3.29. The van der Waals surface area contributed by atoms with Gasteiger partial charge in [-0.15, -0.1) is 11.3 Å². The summed E-state index contributed by atoms with van der Waals surface area (Å²) >= 11 is 4.80. The largest absolute Gasteiger partial charge is 0.480 e. The summed E-state index contributed by atoms with van der Waals surface area (Å²) < 4.78 is 0.834. The first kappa shape index (κ1) is 13.3. The van der Waals surface area contributed by atoms with Crippen LogP contribution >= 0.6 is 27.3 Å². The molecule has 2 aromatic rings. The Bertz CT molecular complexity index is 527. The Labute approximate surface area is 118 Å². The maximum absolute atomic E-state index is 11.3. The number of thiophene rings is 1. The van der Waals surface area contributed by atoms with Gasteiger partial charge in [0, 0.05) is 15.9 Å². The van der Waals surface area contributed by atoms with Crippen LogP contribution in [-0.4, -0.2) is 11.1 Å². The van der Waals surface area contributed by atoms with Gasteiger partial charge in [0.25, 0.3) is 0 Å². The fourth-order valence-electron chi connectivity index (χ4n) is 1.62. The van der Waals surface area contributed by atoms with E-state index < -0.39 is 12.0 Å². The van der Waals surface area contributed by atoms with Crippen LogP contribution in [0.5, 0.6) is 0 Å². The lowest BCUT2D eigenvalue weighted by Crippen LogP contribution is -2.27. The summed E-state index contributed by atoms with van der Waals surface area (Å²) in [6.45, 7) is 0.530. The highest BCUT2D eigenvalue weighted by Gasteiger charge is 2.22. The topological polar surface area (TPSA) is 49.3 Å². The van der Waals surface area contributed by atoms with Crippen LogP contribution in [0.3, 0.4) is 0 Å². The molecule has 0 saturated heterocycles. The Morgan fingerprint density at radius 2 is 2.06 bits per heavy atom. The first-order valence-electron chi connectivity index (χ1n) is 5.41. The van der Waals surface area contributed by atoms with Crippen LogP contribution in [0.4, 0.5) is 0 Å². The number of nitrogens with one attached hydrogen (secondary N) is 1. The van der Waals surface area contributed by atoms with E-state index in [2.05, 4.69) is 21.2 Å². The molecule has 94 valence electrons. The van der Waals surface area contributed by atoms with Crippen molar-refractivity contribution in [2.45, 2.75) is 12.6 Å². The first-order chi connectivity index (χ1) is 8.68. The second-order valence-corrected chi connectivity index (χ2v) is 5.57. The average molecular weight is 326 g/mol. The zero-order chi connectivity index (χ0) is 13.0. The molecule has 18 heavy (non-hydrogen) atoms. The number of rotatable bonds is 5. The van der Waals surface area contributed by atoms with Crippen molar-refractivity contribution in [1.29, 1.82) is 0 Å². The van der Waals surface area contributed by atoms with Gasteiger partial charge in [-0.1, -0.05) is 30.3 Å². The minimum Gasteiger partial charge on any atom is -0.480 e. The number of carboxylic acid groups (broad SMARTS) is 1. The number of aliphatic carboxylic acids is 1. The molecule has 1 heterocycles. The molecule has 2 N–H and O–H groups in total. The van der Waals surface area contributed by atoms with Crippen molar-refractivity contribution >= 4 is 33.2 Å². The van der Waals surface area contributed by atoms with Crippen LogP contribution in [0.15, 0.2) is 46.3 Å². The number of carbonyl (C=O) groups is 1. The zero-order valence-corrected chi connectivity index (χ0v) is 11.9. The highest BCUT2D eigenvalue weighted by molar-refractivity contribution is 9.10. The number of halogens is 1. The van der Waals surface area contributed by atoms with E-state index in [1.165, 1.54) is 11.3 Å². The molecule has 0 fully saturated rings. The minimum absolute atomic E-state index is 0.530. The lowest BCUT2D eigenvalue weighted by molar-refractivity contribution is -0.139. The van der Waals surface area contributed by atoms with Gasteiger partial charge in [-0.05, 0) is 32.9 Å². The maximum Gasteiger partial charge on any atom is 0.326 e. The minimum atomic E-state index is -0.867. The van der Waals surface area contributed by atoms with E-state index in [9.17, 15) is 9.90 Å². The number of hydrogen-bond donors (Lipinski definition) is 2. The monoisotopic (exact) mass is 325 g/mol. The van der Waals surface area contributed by atoms with Crippen LogP contribution in [0.2, 0.25) is 0 Å². The summed E-state index contributed by atoms with van der Waals surface area (Å²) in [7, 11) is 0. The van der Waals surface area contributed by atoms with Crippen molar-refractivity contribution in [2.24, 2.45) is 0 Å². The molecule has 3 nitrogen and oxygen atoms in total. The third-order valence-electron chi connectivity index (χ3n) is 2.51. The Hall–Kier alpha value is -1.17. The lowest BCUT2D eigenvalue weighted by Gasteiger charge is -2.13. The van der Waals surface area contributed by atoms with Crippen molar-refractivity contribution in [3.8, 4) is 0 Å². The highest BCUT2D eigenvalue weighted by atomic mass is 79.9. The normalized spacial score (nSPS) is 12.3. The Kier molecular flexibility index (Phi) is 4.52. The predicted molar refractivity (Wildman–Crippen MR) is 75.7 cm³/mol. The average Bonchev–Trinajstić information content (AvgIpc) is 2.77. The van der Waals surface area contributed by atoms with Crippen molar-refractivity contribution in [2.75, 3.05) is 0 Å². The first-order valence-corrected chi connectivity index (χ1v) is 7.09. The van der Waals surface area contributed by atoms with Gasteiger partial charge in [-0.3, -0.25) is 10.1 Å². The Morgan fingerprint density at radius 1 is 1.33 bits per heavy atom. The van der Waals surface area contributed by atoms with Crippen molar-refractivity contribution in [3.63, 3.8) is 0 Å². The SMILES string of the molecule is O=C(O)C(NCc1ccccc1)c1sccc1Br. The summed E-state index contributed by atoms with van der Waals surface area (Å²) in [6, 6.07) is 10.9. The van der Waals surface area contributed by atoms with Gasteiger partial charge in [0.05, 0.1) is 0 Å². The quantitative estimate of drug-likeness (QED) is 0.885.